The number of aliphatic carboxylic acids is 1. The summed E-state index contributed by atoms with van der Waals surface area (Å²) in [6, 6.07) is 34.5. The number of piperidine rings is 2. The molecule has 4 aliphatic rings. The molecule has 22 heteroatoms. The quantitative estimate of drug-likeness (QED) is 0.0883. The van der Waals surface area contributed by atoms with Crippen LogP contribution in [0, 0.1) is 46.3 Å². The lowest BCUT2D eigenvalue weighted by atomic mass is 10.0. The van der Waals surface area contributed by atoms with Crippen molar-refractivity contribution in [3.8, 4) is 56.6 Å². The fraction of sp³-hybridized carbons (Fsp3) is 0.246. The molecule has 0 radical (unpaired) electrons. The molecule has 21 nitrogen and oxygen atoms in total. The van der Waals surface area contributed by atoms with E-state index in [1.807, 2.05) is 93.9 Å². The number of carboxylic acid groups (broad SMARTS) is 1. The van der Waals surface area contributed by atoms with Gasteiger partial charge >= 0.3 is 5.97 Å². The number of hydrogen-bond acceptors (Lipinski definition) is 15. The molecule has 8 atom stereocenters. The van der Waals surface area contributed by atoms with Gasteiger partial charge in [0.2, 0.25) is 0 Å². The number of nitrogens with two attached hydrogens (primary N) is 1. The number of nitrogens with zero attached hydrogens (tertiary/aromatic N) is 14. The summed E-state index contributed by atoms with van der Waals surface area (Å²) < 4.78 is 7.02. The maximum atomic E-state index is 12.6. The normalized spacial score (nSPS) is 19.5. The minimum absolute atomic E-state index is 0. The lowest BCUT2D eigenvalue weighted by Crippen LogP contribution is -2.37. The van der Waals surface area contributed by atoms with Crippen molar-refractivity contribution >= 4 is 47.0 Å². The van der Waals surface area contributed by atoms with Gasteiger partial charge in [-0.25, -0.2) is 23.8 Å². The number of aryl methyl sites for hydroxylation is 2. The first-order chi connectivity index (χ1) is 39.3. The number of aromatic nitrogens is 10. The smallest absolute Gasteiger partial charge is 0.337 e. The molecule has 2 saturated carbocycles. The predicted molar refractivity (Wildman–Crippen MR) is 313 cm³/mol. The number of aliphatic hydroxyl groups is 2. The van der Waals surface area contributed by atoms with Crippen LogP contribution in [-0.2, 0) is 23.7 Å². The summed E-state index contributed by atoms with van der Waals surface area (Å²) >= 11 is 0. The van der Waals surface area contributed by atoms with Crippen LogP contribution in [0.5, 0.6) is 0 Å². The second-order valence-electron chi connectivity index (χ2n) is 20.9. The number of fused-ring (bicyclic) bond motifs is 4. The van der Waals surface area contributed by atoms with E-state index in [1.54, 1.807) is 79.4 Å². The minimum Gasteiger partial charge on any atom is -0.479 e. The first-order valence-corrected chi connectivity index (χ1v) is 26.3. The van der Waals surface area contributed by atoms with Crippen molar-refractivity contribution in [2.24, 2.45) is 43.5 Å². The van der Waals surface area contributed by atoms with Crippen LogP contribution >= 0.6 is 12.4 Å². The number of halogens is 1. The van der Waals surface area contributed by atoms with Gasteiger partial charge in [0, 0.05) is 146 Å². The first-order valence-electron chi connectivity index (χ1n) is 26.3. The van der Waals surface area contributed by atoms with Crippen LogP contribution in [0.4, 0.5) is 11.6 Å². The Balaban J connectivity index is 0.000000157. The molecule has 10 heterocycles. The second kappa shape index (κ2) is 23.4. The Labute approximate surface area is 483 Å². The van der Waals surface area contributed by atoms with Crippen molar-refractivity contribution in [3.63, 3.8) is 0 Å². The zero-order valence-corrected chi connectivity index (χ0v) is 45.2. The fourth-order valence-electron chi connectivity index (χ4n) is 11.3. The van der Waals surface area contributed by atoms with Gasteiger partial charge in [0.15, 0.2) is 12.2 Å². The molecular weight excluding hydrogens is 1070 g/mol. The third kappa shape index (κ3) is 11.2. The van der Waals surface area contributed by atoms with Gasteiger partial charge in [-0.1, -0.05) is 68.1 Å². The SMILES string of the molecule is C.Cl.Cn1cc(-c2cc(-c3ccc(N4C[C@@H]5C(N)[C@@H]5C4)nc3)c3c(C#N)cnn3c2)cn1.Cn1cc(-c2cc(-c3ccc(N4C[C@@H]5C(NC(=O)[C@H](O)c6ccccc6)[C@@H]5C4)nc3)c3c(C#N)cnn3c2)cn1.O=C(O)[C@H](O)c1ccccc1. The molecule has 0 bridgehead atoms. The molecule has 2 aliphatic heterocycles. The van der Waals surface area contributed by atoms with E-state index in [9.17, 15) is 25.2 Å². The number of rotatable bonds is 11. The largest absolute Gasteiger partial charge is 0.479 e. The number of hydrogen-bond donors (Lipinski definition) is 5. The van der Waals surface area contributed by atoms with Gasteiger partial charge in [-0.3, -0.25) is 14.2 Å². The van der Waals surface area contributed by atoms with Gasteiger partial charge < -0.3 is 36.2 Å². The number of anilines is 2. The first kappa shape index (κ1) is 56.5. The lowest BCUT2D eigenvalue weighted by molar-refractivity contribution is -0.147. The third-order valence-electron chi connectivity index (χ3n) is 15.8. The van der Waals surface area contributed by atoms with Crippen LogP contribution in [0.3, 0.4) is 0 Å². The Morgan fingerprint density at radius 1 is 0.578 bits per heavy atom. The van der Waals surface area contributed by atoms with Crippen LogP contribution in [0.2, 0.25) is 0 Å². The van der Waals surface area contributed by atoms with Crippen molar-refractivity contribution in [1.82, 2.24) is 54.1 Å². The van der Waals surface area contributed by atoms with E-state index >= 15 is 0 Å². The highest BCUT2D eigenvalue weighted by Crippen LogP contribution is 2.47. The van der Waals surface area contributed by atoms with E-state index in [-0.39, 0.29) is 31.8 Å². The number of carbonyl (C=O) groups excluding carboxylic acids is 1. The molecule has 83 heavy (non-hydrogen) atoms. The maximum absolute atomic E-state index is 12.6. The number of pyridine rings is 4. The van der Waals surface area contributed by atoms with Gasteiger partial charge in [0.1, 0.15) is 23.8 Å². The van der Waals surface area contributed by atoms with Crippen molar-refractivity contribution in [1.29, 1.82) is 10.5 Å². The zero-order valence-electron chi connectivity index (χ0n) is 44.4. The standard InChI is InChI=1S/C30H26N8O2.C22H20N8.C8H8O3.CH4.ClH/c1-36-14-22(13-33-36)20-9-23(28-21(10-31)12-34-38(28)15-20)19-7-8-26(32-11-19)37-16-24-25(17-37)27(24)35-30(40)29(39)18-5-3-2-4-6-18;1-28-9-16(8-26-28)14-4-17(22-15(5-23)7-27-30(22)10-14)13-2-3-20(25-6-13)29-11-18-19(12-29)21(18)24;9-7(8(10)11)6-4-2-1-3-5-6;;/h2-9,11-15,24-25,27,29,39H,16-17H2,1H3,(H,35,40);2-4,6-10,18-19,21H,11-12,24H2,1H3;1-5,7,9H,(H,10,11);1H4;1H/t24-,25+,27?,29-;18-,19+,21?;7-;;/m1.1../s1. The van der Waals surface area contributed by atoms with Crippen molar-refractivity contribution in [3.05, 3.63) is 181 Å². The van der Waals surface area contributed by atoms with E-state index < -0.39 is 18.2 Å². The molecular formula is C61H59ClN16O5. The van der Waals surface area contributed by atoms with Gasteiger partial charge in [-0.15, -0.1) is 12.4 Å². The van der Waals surface area contributed by atoms with Crippen molar-refractivity contribution in [2.75, 3.05) is 36.0 Å². The van der Waals surface area contributed by atoms with Crippen molar-refractivity contribution in [2.45, 2.75) is 31.7 Å². The van der Waals surface area contributed by atoms with Gasteiger partial charge in [0.25, 0.3) is 5.91 Å². The summed E-state index contributed by atoms with van der Waals surface area (Å²) in [7, 11) is 3.77. The molecule has 2 aromatic carbocycles. The molecule has 0 spiro atoms. The second-order valence-corrected chi connectivity index (χ2v) is 20.9. The van der Waals surface area contributed by atoms with E-state index in [2.05, 4.69) is 65.8 Å². The Hall–Kier alpha value is -9.77. The Bertz CT molecular complexity index is 4030. The molecule has 420 valence electrons. The van der Waals surface area contributed by atoms with Crippen LogP contribution in [-0.4, -0.2) is 114 Å². The molecule has 10 aromatic rings. The molecule has 2 saturated heterocycles. The van der Waals surface area contributed by atoms with Gasteiger partial charge in [-0.05, 0) is 59.4 Å². The Morgan fingerprint density at radius 3 is 1.40 bits per heavy atom. The molecule has 4 fully saturated rings. The van der Waals surface area contributed by atoms with Gasteiger partial charge in [-0.2, -0.15) is 30.9 Å². The molecule has 2 aliphatic carbocycles. The molecule has 1 amide bonds. The predicted octanol–water partition coefficient (Wildman–Crippen LogP) is 6.88. The molecule has 2 unspecified atom stereocenters. The number of nitriles is 2. The summed E-state index contributed by atoms with van der Waals surface area (Å²) in [4.78, 5) is 36.9. The highest BCUT2D eigenvalue weighted by atomic mass is 35.5. The maximum Gasteiger partial charge on any atom is 0.337 e. The van der Waals surface area contributed by atoms with Crippen LogP contribution in [0.1, 0.15) is 41.9 Å². The number of carboxylic acids is 1. The molecule has 8 aromatic heterocycles. The number of carbonyl (C=O) groups is 2. The number of benzene rings is 2. The van der Waals surface area contributed by atoms with Crippen LogP contribution in [0.15, 0.2) is 159 Å². The molecule has 6 N–H and O–H groups in total. The summed E-state index contributed by atoms with van der Waals surface area (Å²) in [5.74, 6) is 2.19. The summed E-state index contributed by atoms with van der Waals surface area (Å²) in [5.41, 5.74) is 17.1. The lowest BCUT2D eigenvalue weighted by Gasteiger charge is -2.22. The highest BCUT2D eigenvalue weighted by molar-refractivity contribution is 5.89. The number of aliphatic hydroxyl groups excluding tert-OH is 2. The van der Waals surface area contributed by atoms with E-state index in [0.717, 1.165) is 93.4 Å². The molecule has 14 rings (SSSR count). The Morgan fingerprint density at radius 2 is 1.01 bits per heavy atom. The summed E-state index contributed by atoms with van der Waals surface area (Å²) in [5, 5.41) is 67.4. The van der Waals surface area contributed by atoms with Gasteiger partial charge in [0.05, 0.1) is 46.9 Å². The van der Waals surface area contributed by atoms with E-state index in [1.165, 1.54) is 0 Å². The highest BCUT2D eigenvalue weighted by Gasteiger charge is 2.57. The topological polar surface area (TPSA) is 283 Å². The van der Waals surface area contributed by atoms with E-state index in [0.29, 0.717) is 52.0 Å². The average molecular weight is 1130 g/mol. The minimum atomic E-state index is -1.41. The monoisotopic (exact) mass is 1130 g/mol. The van der Waals surface area contributed by atoms with Crippen LogP contribution in [0.25, 0.3) is 55.5 Å². The summed E-state index contributed by atoms with van der Waals surface area (Å²) in [6.45, 7) is 3.57. The van der Waals surface area contributed by atoms with Crippen molar-refractivity contribution < 1.29 is 24.9 Å². The number of amides is 1. The number of nitrogens with one attached hydrogen (secondary N) is 1. The Kier molecular flexibility index (Phi) is 15.9. The van der Waals surface area contributed by atoms with E-state index in [4.69, 9.17) is 25.9 Å². The zero-order chi connectivity index (χ0) is 56.1. The summed E-state index contributed by atoms with van der Waals surface area (Å²) in [6.07, 6.45) is 15.7. The van der Waals surface area contributed by atoms with Crippen LogP contribution < -0.4 is 20.9 Å². The third-order valence-corrected chi connectivity index (χ3v) is 15.8. The average Bonchev–Trinajstić information content (AvgIpc) is 4.26. The fourth-order valence-corrected chi connectivity index (χ4v) is 11.3.